The molecule has 1 aromatic carbocycles. The summed E-state index contributed by atoms with van der Waals surface area (Å²) in [6.07, 6.45) is 2.79. The molecule has 0 radical (unpaired) electrons. The number of ether oxygens (including phenoxy) is 2. The summed E-state index contributed by atoms with van der Waals surface area (Å²) in [6.45, 7) is 8.16. The zero-order valence-corrected chi connectivity index (χ0v) is 14.7. The van der Waals surface area contributed by atoms with Gasteiger partial charge in [-0.15, -0.1) is 0 Å². The lowest BCUT2D eigenvalue weighted by Crippen LogP contribution is -2.59. The largest absolute Gasteiger partial charge is 0.378 e. The van der Waals surface area contributed by atoms with E-state index in [1.54, 1.807) is 12.1 Å². The van der Waals surface area contributed by atoms with Gasteiger partial charge in [-0.25, -0.2) is 4.39 Å². The predicted molar refractivity (Wildman–Crippen MR) is 92.6 cm³/mol. The van der Waals surface area contributed by atoms with Crippen molar-refractivity contribution >= 4 is 0 Å². The molecule has 2 aliphatic rings. The molecule has 1 N–H and O–H groups in total. The lowest BCUT2D eigenvalue weighted by Gasteiger charge is -2.48. The number of aromatic nitrogens is 2. The molecule has 3 heterocycles. The lowest BCUT2D eigenvalue weighted by atomic mass is 9.94. The van der Waals surface area contributed by atoms with Gasteiger partial charge in [0.1, 0.15) is 11.4 Å². The Kier molecular flexibility index (Phi) is 4.14. The maximum Gasteiger partial charge on any atom is 0.123 e. The summed E-state index contributed by atoms with van der Waals surface area (Å²) in [6, 6.07) is 6.51. The molecular weight excluding hydrogens is 321 g/mol. The van der Waals surface area contributed by atoms with Crippen LogP contribution in [-0.4, -0.2) is 52.6 Å². The molecule has 0 bridgehead atoms. The molecule has 2 aromatic rings. The average molecular weight is 345 g/mol. The lowest BCUT2D eigenvalue weighted by molar-refractivity contribution is -0.196. The van der Waals surface area contributed by atoms with E-state index in [2.05, 4.69) is 28.9 Å². The van der Waals surface area contributed by atoms with E-state index in [0.717, 1.165) is 49.5 Å². The maximum atomic E-state index is 13.2. The first-order valence-corrected chi connectivity index (χ1v) is 8.73. The van der Waals surface area contributed by atoms with E-state index < -0.39 is 0 Å². The van der Waals surface area contributed by atoms with Crippen LogP contribution in [0.4, 0.5) is 4.39 Å². The monoisotopic (exact) mass is 345 g/mol. The Morgan fingerprint density at radius 2 is 2.04 bits per heavy atom. The first-order valence-electron chi connectivity index (χ1n) is 8.73. The summed E-state index contributed by atoms with van der Waals surface area (Å²) < 4.78 is 25.2. The molecule has 6 heteroatoms. The van der Waals surface area contributed by atoms with Crippen molar-refractivity contribution in [2.75, 3.05) is 26.3 Å². The van der Waals surface area contributed by atoms with E-state index >= 15 is 0 Å². The van der Waals surface area contributed by atoms with Gasteiger partial charge >= 0.3 is 0 Å². The van der Waals surface area contributed by atoms with E-state index in [0.29, 0.717) is 6.61 Å². The van der Waals surface area contributed by atoms with Crippen LogP contribution in [-0.2, 0) is 16.0 Å². The van der Waals surface area contributed by atoms with Gasteiger partial charge in [0.25, 0.3) is 0 Å². The molecular formula is C19H24FN3O2. The third kappa shape index (κ3) is 3.47. The molecule has 1 aromatic heterocycles. The molecule has 134 valence electrons. The van der Waals surface area contributed by atoms with E-state index in [9.17, 15) is 4.39 Å². The molecule has 0 saturated carbocycles. The van der Waals surface area contributed by atoms with E-state index in [1.165, 1.54) is 12.1 Å². The molecule has 4 rings (SSSR count). The van der Waals surface area contributed by atoms with E-state index in [1.807, 2.05) is 6.20 Å². The quantitative estimate of drug-likeness (QED) is 0.929. The molecule has 1 atom stereocenters. The molecule has 0 amide bonds. The van der Waals surface area contributed by atoms with Crippen molar-refractivity contribution in [2.45, 2.75) is 38.0 Å². The van der Waals surface area contributed by atoms with Crippen LogP contribution in [0.1, 0.15) is 25.8 Å². The van der Waals surface area contributed by atoms with Crippen LogP contribution in [0.2, 0.25) is 0 Å². The van der Waals surface area contributed by atoms with Gasteiger partial charge in [-0.3, -0.25) is 10.00 Å². The Morgan fingerprint density at radius 3 is 2.76 bits per heavy atom. The predicted octanol–water partition coefficient (Wildman–Crippen LogP) is 2.99. The van der Waals surface area contributed by atoms with Gasteiger partial charge in [-0.05, 0) is 38.1 Å². The second-order valence-electron chi connectivity index (χ2n) is 7.77. The second kappa shape index (κ2) is 6.20. The molecule has 1 unspecified atom stereocenters. The van der Waals surface area contributed by atoms with Crippen molar-refractivity contribution in [2.24, 2.45) is 0 Å². The van der Waals surface area contributed by atoms with Crippen molar-refractivity contribution in [3.63, 3.8) is 0 Å². The van der Waals surface area contributed by atoms with Gasteiger partial charge in [0, 0.05) is 43.8 Å². The number of hydrogen-bond donors (Lipinski definition) is 1. The summed E-state index contributed by atoms with van der Waals surface area (Å²) in [5.41, 5.74) is 2.58. The van der Waals surface area contributed by atoms with Crippen LogP contribution < -0.4 is 0 Å². The fourth-order valence-electron chi connectivity index (χ4n) is 4.10. The SMILES string of the molecule is CC1(C)CN(Cc2cn[nH]c2-c2ccc(F)cc2)CC2(CCOC2)O1. The number of halogens is 1. The van der Waals surface area contributed by atoms with Gasteiger partial charge in [-0.1, -0.05) is 0 Å². The Labute approximate surface area is 147 Å². The number of morpholine rings is 1. The third-order valence-corrected chi connectivity index (χ3v) is 4.92. The van der Waals surface area contributed by atoms with Crippen molar-refractivity contribution in [1.29, 1.82) is 0 Å². The number of benzene rings is 1. The average Bonchev–Trinajstić information content (AvgIpc) is 3.16. The number of aromatic amines is 1. The van der Waals surface area contributed by atoms with Gasteiger partial charge in [0.2, 0.25) is 0 Å². The van der Waals surface area contributed by atoms with Crippen molar-refractivity contribution in [1.82, 2.24) is 15.1 Å². The van der Waals surface area contributed by atoms with Crippen LogP contribution >= 0.6 is 0 Å². The zero-order valence-electron chi connectivity index (χ0n) is 14.7. The minimum absolute atomic E-state index is 0.207. The highest BCUT2D eigenvalue weighted by Crippen LogP contribution is 2.35. The van der Waals surface area contributed by atoms with Crippen LogP contribution in [0.3, 0.4) is 0 Å². The Balaban J connectivity index is 1.56. The molecule has 0 aliphatic carbocycles. The van der Waals surface area contributed by atoms with Crippen LogP contribution in [0.15, 0.2) is 30.5 Å². The molecule has 25 heavy (non-hydrogen) atoms. The first-order chi connectivity index (χ1) is 11.9. The van der Waals surface area contributed by atoms with Gasteiger partial charge in [0.15, 0.2) is 0 Å². The number of nitrogens with zero attached hydrogens (tertiary/aromatic N) is 2. The molecule has 1 spiro atoms. The minimum atomic E-state index is -0.233. The summed E-state index contributed by atoms with van der Waals surface area (Å²) in [5.74, 6) is -0.233. The smallest absolute Gasteiger partial charge is 0.123 e. The number of rotatable bonds is 3. The van der Waals surface area contributed by atoms with Crippen LogP contribution in [0.5, 0.6) is 0 Å². The maximum absolute atomic E-state index is 13.2. The minimum Gasteiger partial charge on any atom is -0.378 e. The normalized spacial score (nSPS) is 26.4. The number of H-pyrrole nitrogens is 1. The molecule has 5 nitrogen and oxygen atoms in total. The highest BCUT2D eigenvalue weighted by Gasteiger charge is 2.46. The molecule has 2 saturated heterocycles. The Hall–Kier alpha value is -1.76. The highest BCUT2D eigenvalue weighted by molar-refractivity contribution is 5.62. The number of nitrogens with one attached hydrogen (secondary N) is 1. The van der Waals surface area contributed by atoms with Crippen LogP contribution in [0.25, 0.3) is 11.3 Å². The van der Waals surface area contributed by atoms with Gasteiger partial charge in [-0.2, -0.15) is 5.10 Å². The summed E-state index contributed by atoms with van der Waals surface area (Å²) in [7, 11) is 0. The second-order valence-corrected chi connectivity index (χ2v) is 7.77. The van der Waals surface area contributed by atoms with E-state index in [4.69, 9.17) is 9.47 Å². The highest BCUT2D eigenvalue weighted by atomic mass is 19.1. The summed E-state index contributed by atoms with van der Waals surface area (Å²) >= 11 is 0. The van der Waals surface area contributed by atoms with Crippen molar-refractivity contribution < 1.29 is 13.9 Å². The fraction of sp³-hybridized carbons (Fsp3) is 0.526. The topological polar surface area (TPSA) is 50.4 Å². The van der Waals surface area contributed by atoms with Gasteiger partial charge in [0.05, 0.1) is 24.1 Å². The third-order valence-electron chi connectivity index (χ3n) is 4.92. The Morgan fingerprint density at radius 1 is 1.24 bits per heavy atom. The zero-order chi connectivity index (χ0) is 17.5. The van der Waals surface area contributed by atoms with Crippen molar-refractivity contribution in [3.8, 4) is 11.3 Å². The fourth-order valence-corrected chi connectivity index (χ4v) is 4.10. The van der Waals surface area contributed by atoms with E-state index in [-0.39, 0.29) is 17.0 Å². The van der Waals surface area contributed by atoms with Crippen molar-refractivity contribution in [3.05, 3.63) is 41.8 Å². The Bertz CT molecular complexity index is 735. The summed E-state index contributed by atoms with van der Waals surface area (Å²) in [5, 5.41) is 7.27. The standard InChI is InChI=1S/C19H24FN3O2/c1-18(2)11-23(12-19(25-18)7-8-24-13-19)10-15-9-21-22-17(15)14-3-5-16(20)6-4-14/h3-6,9H,7-8,10-13H2,1-2H3,(H,21,22). The van der Waals surface area contributed by atoms with Gasteiger partial charge < -0.3 is 9.47 Å². The molecule has 2 aliphatic heterocycles. The molecule has 2 fully saturated rings. The van der Waals surface area contributed by atoms with Crippen LogP contribution in [0, 0.1) is 5.82 Å². The first kappa shape index (κ1) is 16.7. The number of hydrogen-bond acceptors (Lipinski definition) is 4. The summed E-state index contributed by atoms with van der Waals surface area (Å²) in [4.78, 5) is 2.41.